The summed E-state index contributed by atoms with van der Waals surface area (Å²) in [6.45, 7) is 3.75. The molecule has 3 aliphatic rings. The average Bonchev–Trinajstić information content (AvgIpc) is 3.84. The second-order valence-electron chi connectivity index (χ2n) is 10.4. The number of furan rings is 1. The van der Waals surface area contributed by atoms with Gasteiger partial charge in [0.25, 0.3) is 5.91 Å². The van der Waals surface area contributed by atoms with E-state index in [0.717, 1.165) is 42.7 Å². The number of benzene rings is 2. The quantitative estimate of drug-likeness (QED) is 0.478. The summed E-state index contributed by atoms with van der Waals surface area (Å²) < 4.78 is 11.8. The highest BCUT2D eigenvalue weighted by Crippen LogP contribution is 2.41. The van der Waals surface area contributed by atoms with Gasteiger partial charge in [-0.25, -0.2) is 0 Å². The van der Waals surface area contributed by atoms with Crippen LogP contribution in [0.5, 0.6) is 5.75 Å². The van der Waals surface area contributed by atoms with Crippen molar-refractivity contribution in [3.05, 3.63) is 88.4 Å². The van der Waals surface area contributed by atoms with E-state index in [2.05, 4.69) is 53.5 Å². The Bertz CT molecular complexity index is 1270. The minimum absolute atomic E-state index is 0.114. The van der Waals surface area contributed by atoms with Crippen LogP contribution in [0.2, 0.25) is 0 Å². The molecule has 3 aromatic rings. The van der Waals surface area contributed by atoms with Gasteiger partial charge in [0.2, 0.25) is 5.91 Å². The van der Waals surface area contributed by atoms with E-state index in [-0.39, 0.29) is 30.4 Å². The van der Waals surface area contributed by atoms with Crippen LogP contribution in [0, 0.1) is 18.8 Å². The smallest absolute Gasteiger partial charge is 0.287 e. The van der Waals surface area contributed by atoms with Gasteiger partial charge in [0.05, 0.1) is 6.04 Å². The molecule has 0 unspecified atom stereocenters. The van der Waals surface area contributed by atoms with Gasteiger partial charge in [0.1, 0.15) is 18.1 Å². The van der Waals surface area contributed by atoms with E-state index in [1.807, 2.05) is 6.07 Å². The van der Waals surface area contributed by atoms with Crippen LogP contribution in [0.4, 0.5) is 0 Å². The van der Waals surface area contributed by atoms with Crippen molar-refractivity contribution in [2.45, 2.75) is 51.7 Å². The predicted molar refractivity (Wildman–Crippen MR) is 136 cm³/mol. The van der Waals surface area contributed by atoms with Crippen molar-refractivity contribution >= 4 is 11.8 Å². The zero-order valence-electron chi connectivity index (χ0n) is 20.7. The molecule has 0 spiro atoms. The van der Waals surface area contributed by atoms with Crippen molar-refractivity contribution in [2.75, 3.05) is 13.1 Å². The second-order valence-corrected chi connectivity index (χ2v) is 10.4. The molecule has 2 heterocycles. The van der Waals surface area contributed by atoms with Gasteiger partial charge in [0.15, 0.2) is 5.76 Å². The van der Waals surface area contributed by atoms with Gasteiger partial charge >= 0.3 is 0 Å². The van der Waals surface area contributed by atoms with Gasteiger partial charge < -0.3 is 19.4 Å². The zero-order chi connectivity index (χ0) is 24.6. The van der Waals surface area contributed by atoms with E-state index < -0.39 is 0 Å². The lowest BCUT2D eigenvalue weighted by atomic mass is 9.87. The lowest BCUT2D eigenvalue weighted by molar-refractivity contribution is -0.134. The topological polar surface area (TPSA) is 71.8 Å². The van der Waals surface area contributed by atoms with Crippen LogP contribution in [0.15, 0.2) is 59.0 Å². The number of rotatable bonds is 8. The third-order valence-electron chi connectivity index (χ3n) is 7.46. The van der Waals surface area contributed by atoms with E-state index in [4.69, 9.17) is 9.15 Å². The molecule has 1 N–H and O–H groups in total. The summed E-state index contributed by atoms with van der Waals surface area (Å²) >= 11 is 0. The first-order valence-corrected chi connectivity index (χ1v) is 13.0. The van der Waals surface area contributed by atoms with Gasteiger partial charge in [-0.15, -0.1) is 0 Å². The number of amides is 2. The summed E-state index contributed by atoms with van der Waals surface area (Å²) in [6, 6.07) is 18.0. The maximum Gasteiger partial charge on any atom is 0.287 e. The zero-order valence-corrected chi connectivity index (χ0v) is 20.7. The average molecular weight is 485 g/mol. The maximum absolute atomic E-state index is 13.2. The summed E-state index contributed by atoms with van der Waals surface area (Å²) in [5.41, 5.74) is 4.70. The first kappa shape index (κ1) is 22.9. The minimum Gasteiger partial charge on any atom is -0.486 e. The Morgan fingerprint density at radius 1 is 1.03 bits per heavy atom. The number of nitrogens with one attached hydrogen (secondary N) is 1. The van der Waals surface area contributed by atoms with Crippen molar-refractivity contribution in [1.29, 1.82) is 0 Å². The van der Waals surface area contributed by atoms with Gasteiger partial charge in [0, 0.05) is 19.0 Å². The minimum atomic E-state index is -0.178. The van der Waals surface area contributed by atoms with E-state index in [0.29, 0.717) is 24.0 Å². The Morgan fingerprint density at radius 3 is 2.58 bits per heavy atom. The summed E-state index contributed by atoms with van der Waals surface area (Å²) in [7, 11) is 0. The first-order chi connectivity index (χ1) is 17.5. The summed E-state index contributed by atoms with van der Waals surface area (Å²) in [6.07, 6.45) is 5.21. The monoisotopic (exact) mass is 484 g/mol. The fraction of sp³-hybridized carbons (Fsp3) is 0.400. The highest BCUT2D eigenvalue weighted by molar-refractivity contribution is 5.91. The fourth-order valence-electron chi connectivity index (χ4n) is 4.97. The molecule has 6 rings (SSSR count). The molecule has 2 aliphatic carbocycles. The molecule has 1 atom stereocenters. The number of carbonyl (C=O) groups excluding carboxylic acids is 2. The molecule has 6 heteroatoms. The van der Waals surface area contributed by atoms with Gasteiger partial charge in [-0.3, -0.25) is 9.59 Å². The molecule has 6 nitrogen and oxygen atoms in total. The number of carbonyl (C=O) groups is 2. The Kier molecular flexibility index (Phi) is 6.04. The third kappa shape index (κ3) is 4.90. The molecule has 186 valence electrons. The van der Waals surface area contributed by atoms with Crippen molar-refractivity contribution in [3.63, 3.8) is 0 Å². The number of hydrogen-bond donors (Lipinski definition) is 1. The van der Waals surface area contributed by atoms with Crippen LogP contribution in [-0.2, 0) is 17.8 Å². The van der Waals surface area contributed by atoms with Crippen molar-refractivity contribution < 1.29 is 18.7 Å². The Labute approximate surface area is 211 Å². The molecule has 0 bridgehead atoms. The van der Waals surface area contributed by atoms with Gasteiger partial charge in [-0.05, 0) is 85.9 Å². The van der Waals surface area contributed by atoms with E-state index >= 15 is 0 Å². The van der Waals surface area contributed by atoms with Crippen LogP contribution in [0.3, 0.4) is 0 Å². The number of hydrogen-bond acceptors (Lipinski definition) is 4. The number of fused-ring (bicyclic) bond motifs is 1. The number of aryl methyl sites for hydroxylation is 1. The molecular formula is C30H32N2O4. The van der Waals surface area contributed by atoms with Crippen molar-refractivity contribution in [2.24, 2.45) is 11.8 Å². The van der Waals surface area contributed by atoms with E-state index in [1.165, 1.54) is 24.0 Å². The SMILES string of the molecule is Cc1ccc([C@H]2c3cc(OCc4ccc(C(=O)NCC5CC5)o4)ccc3CCN2C(=O)C2CC2)cc1. The van der Waals surface area contributed by atoms with Crippen LogP contribution in [0.25, 0.3) is 0 Å². The van der Waals surface area contributed by atoms with Crippen LogP contribution in [-0.4, -0.2) is 29.8 Å². The number of nitrogens with zero attached hydrogens (tertiary/aromatic N) is 1. The highest BCUT2D eigenvalue weighted by atomic mass is 16.5. The molecule has 2 amide bonds. The van der Waals surface area contributed by atoms with Crippen LogP contribution in [0.1, 0.15) is 70.3 Å². The lowest BCUT2D eigenvalue weighted by Crippen LogP contribution is -2.41. The highest BCUT2D eigenvalue weighted by Gasteiger charge is 2.39. The molecule has 36 heavy (non-hydrogen) atoms. The molecule has 2 fully saturated rings. The van der Waals surface area contributed by atoms with Crippen LogP contribution >= 0.6 is 0 Å². The Balaban J connectivity index is 1.20. The molecule has 0 saturated heterocycles. The third-order valence-corrected chi connectivity index (χ3v) is 7.46. The summed E-state index contributed by atoms with van der Waals surface area (Å²) in [4.78, 5) is 27.6. The maximum atomic E-state index is 13.2. The summed E-state index contributed by atoms with van der Waals surface area (Å²) in [5.74, 6) is 2.52. The van der Waals surface area contributed by atoms with E-state index in [9.17, 15) is 9.59 Å². The second kappa shape index (κ2) is 9.49. The lowest BCUT2D eigenvalue weighted by Gasteiger charge is -2.38. The molecule has 2 aromatic carbocycles. The molecular weight excluding hydrogens is 452 g/mol. The van der Waals surface area contributed by atoms with E-state index in [1.54, 1.807) is 12.1 Å². The number of ether oxygens (including phenoxy) is 1. The fourth-order valence-corrected chi connectivity index (χ4v) is 4.97. The normalized spacial score (nSPS) is 19.0. The molecule has 1 aliphatic heterocycles. The van der Waals surface area contributed by atoms with Gasteiger partial charge in [-0.1, -0.05) is 35.9 Å². The molecule has 0 radical (unpaired) electrons. The van der Waals surface area contributed by atoms with Crippen molar-refractivity contribution in [3.8, 4) is 5.75 Å². The standard InChI is InChI=1S/C30H32N2O4/c1-19-2-6-22(7-3-19)28-26-16-24(11-10-21(26)14-15-32(28)30(34)23-8-9-23)35-18-25-12-13-27(36-25)29(33)31-17-20-4-5-20/h2-3,6-7,10-13,16,20,23,28H,4-5,8-9,14-15,17-18H2,1H3,(H,31,33)/t28-/m0/s1. The molecule has 2 saturated carbocycles. The largest absolute Gasteiger partial charge is 0.486 e. The Hall–Kier alpha value is -3.54. The van der Waals surface area contributed by atoms with Crippen LogP contribution < -0.4 is 10.1 Å². The predicted octanol–water partition coefficient (Wildman–Crippen LogP) is 5.19. The van der Waals surface area contributed by atoms with Crippen molar-refractivity contribution in [1.82, 2.24) is 10.2 Å². The molecule has 1 aromatic heterocycles. The first-order valence-electron chi connectivity index (χ1n) is 13.0. The Morgan fingerprint density at radius 2 is 1.83 bits per heavy atom. The van der Waals surface area contributed by atoms with Gasteiger partial charge in [-0.2, -0.15) is 0 Å². The summed E-state index contributed by atoms with van der Waals surface area (Å²) in [5, 5.41) is 2.93.